The molecule has 1 atom stereocenters. The summed E-state index contributed by atoms with van der Waals surface area (Å²) in [5.41, 5.74) is 3.09. The topological polar surface area (TPSA) is 69.6 Å². The van der Waals surface area contributed by atoms with E-state index in [4.69, 9.17) is 0 Å². The Morgan fingerprint density at radius 3 is 2.90 bits per heavy atom. The Bertz CT molecular complexity index is 571. The smallest absolute Gasteiger partial charge is 0.407 e. The number of benzene rings is 1. The third-order valence-corrected chi connectivity index (χ3v) is 4.43. The third-order valence-electron chi connectivity index (χ3n) is 4.43. The Morgan fingerprint density at radius 2 is 2.10 bits per heavy atom. The number of piperidine rings is 1. The highest BCUT2D eigenvalue weighted by molar-refractivity contribution is 6.01. The van der Waals surface area contributed by atoms with Gasteiger partial charge in [0.25, 0.3) is 0 Å². The van der Waals surface area contributed by atoms with E-state index in [0.29, 0.717) is 18.5 Å². The molecular weight excluding hydrogens is 268 g/mol. The largest absolute Gasteiger partial charge is 0.465 e. The van der Waals surface area contributed by atoms with Crippen LogP contribution in [0.1, 0.15) is 40.7 Å². The van der Waals surface area contributed by atoms with E-state index >= 15 is 0 Å². The summed E-state index contributed by atoms with van der Waals surface area (Å²) >= 11 is 0. The molecule has 0 aliphatic carbocycles. The monoisotopic (exact) mass is 288 g/mol. The summed E-state index contributed by atoms with van der Waals surface area (Å²) in [6.45, 7) is 2.23. The van der Waals surface area contributed by atoms with Crippen molar-refractivity contribution < 1.29 is 14.7 Å². The Kier molecular flexibility index (Phi) is 3.92. The van der Waals surface area contributed by atoms with E-state index in [9.17, 15) is 14.7 Å². The van der Waals surface area contributed by atoms with Gasteiger partial charge in [-0.15, -0.1) is 0 Å². The summed E-state index contributed by atoms with van der Waals surface area (Å²) in [6.07, 6.45) is 2.31. The molecule has 5 nitrogen and oxygen atoms in total. The second kappa shape index (κ2) is 5.85. The number of hydrogen-bond donors (Lipinski definition) is 2. The summed E-state index contributed by atoms with van der Waals surface area (Å²) < 4.78 is 0. The Hall–Kier alpha value is -1.88. The number of rotatable bonds is 2. The Labute approximate surface area is 123 Å². The van der Waals surface area contributed by atoms with E-state index in [-0.39, 0.29) is 5.78 Å². The number of Topliss-reactive ketones (excluding diaryl/α,β-unsaturated/α-hetero) is 1. The van der Waals surface area contributed by atoms with Crippen molar-refractivity contribution in [2.75, 3.05) is 13.1 Å². The molecule has 0 saturated carbocycles. The second-order valence-electron chi connectivity index (χ2n) is 5.76. The molecule has 1 unspecified atom stereocenters. The summed E-state index contributed by atoms with van der Waals surface area (Å²) in [6, 6.07) is 5.26. The van der Waals surface area contributed by atoms with Crippen LogP contribution in [0.2, 0.25) is 0 Å². The summed E-state index contributed by atoms with van der Waals surface area (Å²) in [5, 5.41) is 12.6. The highest BCUT2D eigenvalue weighted by Gasteiger charge is 2.32. The van der Waals surface area contributed by atoms with Gasteiger partial charge in [0.1, 0.15) is 0 Å². The van der Waals surface area contributed by atoms with Gasteiger partial charge in [-0.2, -0.15) is 0 Å². The molecular formula is C16H20N2O3. The van der Waals surface area contributed by atoms with E-state index in [0.717, 1.165) is 32.4 Å². The number of carboxylic acid groups (broad SMARTS) is 1. The standard InChI is InChI=1S/C16H20N2O3/c19-15(14-3-1-2-8-18(14)16(20)21)12-4-5-13-10-17-7-6-11(13)9-12/h4-5,9,14,17H,1-3,6-8,10H2,(H,20,21). The van der Waals surface area contributed by atoms with E-state index < -0.39 is 12.1 Å². The van der Waals surface area contributed by atoms with Crippen molar-refractivity contribution in [2.45, 2.75) is 38.3 Å². The van der Waals surface area contributed by atoms with Crippen molar-refractivity contribution in [1.29, 1.82) is 0 Å². The molecule has 0 radical (unpaired) electrons. The van der Waals surface area contributed by atoms with Crippen molar-refractivity contribution in [2.24, 2.45) is 0 Å². The molecule has 1 amide bonds. The average Bonchev–Trinajstić information content (AvgIpc) is 2.53. The first-order chi connectivity index (χ1) is 10.2. The van der Waals surface area contributed by atoms with Crippen LogP contribution in [0, 0.1) is 0 Å². The first kappa shape index (κ1) is 14.1. The Balaban J connectivity index is 1.85. The van der Waals surface area contributed by atoms with Crippen LogP contribution in [0.15, 0.2) is 18.2 Å². The zero-order chi connectivity index (χ0) is 14.8. The van der Waals surface area contributed by atoms with E-state index in [1.807, 2.05) is 18.2 Å². The zero-order valence-electron chi connectivity index (χ0n) is 12.0. The molecule has 0 spiro atoms. The molecule has 2 heterocycles. The first-order valence-corrected chi connectivity index (χ1v) is 7.53. The van der Waals surface area contributed by atoms with Crippen molar-refractivity contribution >= 4 is 11.9 Å². The fourth-order valence-electron chi connectivity index (χ4n) is 3.26. The van der Waals surface area contributed by atoms with Gasteiger partial charge in [0.05, 0.1) is 6.04 Å². The maximum atomic E-state index is 12.7. The normalized spacial score (nSPS) is 21.7. The molecule has 0 aromatic heterocycles. The molecule has 21 heavy (non-hydrogen) atoms. The minimum atomic E-state index is -0.991. The molecule has 2 N–H and O–H groups in total. The number of ketones is 1. The van der Waals surface area contributed by atoms with Crippen LogP contribution < -0.4 is 5.32 Å². The second-order valence-corrected chi connectivity index (χ2v) is 5.76. The van der Waals surface area contributed by atoms with Crippen LogP contribution in [-0.2, 0) is 13.0 Å². The number of carbonyl (C=O) groups is 2. The highest BCUT2D eigenvalue weighted by Crippen LogP contribution is 2.23. The number of carbonyl (C=O) groups excluding carboxylic acids is 1. The lowest BCUT2D eigenvalue weighted by Crippen LogP contribution is -2.47. The average molecular weight is 288 g/mol. The SMILES string of the molecule is O=C(c1ccc2c(c1)CCNC2)C1CCCCN1C(=O)O. The van der Waals surface area contributed by atoms with E-state index in [1.54, 1.807) is 0 Å². The van der Waals surface area contributed by atoms with Gasteiger partial charge < -0.3 is 10.4 Å². The lowest BCUT2D eigenvalue weighted by atomic mass is 9.91. The van der Waals surface area contributed by atoms with Crippen LogP contribution in [0.25, 0.3) is 0 Å². The van der Waals surface area contributed by atoms with Gasteiger partial charge in [0, 0.05) is 18.7 Å². The van der Waals surface area contributed by atoms with E-state index in [2.05, 4.69) is 5.32 Å². The molecule has 2 aliphatic heterocycles. The molecule has 3 rings (SSSR count). The first-order valence-electron chi connectivity index (χ1n) is 7.53. The van der Waals surface area contributed by atoms with Gasteiger partial charge in [-0.3, -0.25) is 9.69 Å². The molecule has 1 fully saturated rings. The molecule has 2 aliphatic rings. The minimum absolute atomic E-state index is 0.0570. The number of nitrogens with zero attached hydrogens (tertiary/aromatic N) is 1. The van der Waals surface area contributed by atoms with Gasteiger partial charge in [-0.05, 0) is 49.4 Å². The van der Waals surface area contributed by atoms with Gasteiger partial charge in [0.15, 0.2) is 5.78 Å². The molecule has 112 valence electrons. The van der Waals surface area contributed by atoms with Gasteiger partial charge in [-0.1, -0.05) is 12.1 Å². The molecule has 0 bridgehead atoms. The quantitative estimate of drug-likeness (QED) is 0.817. The molecule has 1 saturated heterocycles. The number of nitrogens with one attached hydrogen (secondary N) is 1. The number of hydrogen-bond acceptors (Lipinski definition) is 3. The fourth-order valence-corrected chi connectivity index (χ4v) is 3.26. The van der Waals surface area contributed by atoms with Crippen molar-refractivity contribution in [1.82, 2.24) is 10.2 Å². The Morgan fingerprint density at radius 1 is 1.24 bits per heavy atom. The van der Waals surface area contributed by atoms with Crippen LogP contribution >= 0.6 is 0 Å². The van der Waals surface area contributed by atoms with Gasteiger partial charge >= 0.3 is 6.09 Å². The van der Waals surface area contributed by atoms with Crippen molar-refractivity contribution in [3.05, 3.63) is 34.9 Å². The van der Waals surface area contributed by atoms with Crippen LogP contribution in [0.4, 0.5) is 4.79 Å². The molecule has 1 aromatic rings. The number of amides is 1. The van der Waals surface area contributed by atoms with Crippen molar-refractivity contribution in [3.8, 4) is 0 Å². The summed E-state index contributed by atoms with van der Waals surface area (Å²) in [5.74, 6) is -0.0570. The number of fused-ring (bicyclic) bond motifs is 1. The van der Waals surface area contributed by atoms with Crippen LogP contribution in [-0.4, -0.2) is 41.0 Å². The van der Waals surface area contributed by atoms with Crippen LogP contribution in [0.3, 0.4) is 0 Å². The lowest BCUT2D eigenvalue weighted by Gasteiger charge is -2.32. The van der Waals surface area contributed by atoms with Crippen molar-refractivity contribution in [3.63, 3.8) is 0 Å². The molecule has 1 aromatic carbocycles. The highest BCUT2D eigenvalue weighted by atomic mass is 16.4. The predicted octanol–water partition coefficient (Wildman–Crippen LogP) is 2.05. The third kappa shape index (κ3) is 2.78. The summed E-state index contributed by atoms with van der Waals surface area (Å²) in [7, 11) is 0. The van der Waals surface area contributed by atoms with Gasteiger partial charge in [-0.25, -0.2) is 4.79 Å². The number of likely N-dealkylation sites (tertiary alicyclic amines) is 1. The predicted molar refractivity (Wildman–Crippen MR) is 78.6 cm³/mol. The van der Waals surface area contributed by atoms with Crippen LogP contribution in [0.5, 0.6) is 0 Å². The molecule has 5 heteroatoms. The van der Waals surface area contributed by atoms with Gasteiger partial charge in [0.2, 0.25) is 0 Å². The minimum Gasteiger partial charge on any atom is -0.465 e. The van der Waals surface area contributed by atoms with E-state index in [1.165, 1.54) is 16.0 Å². The lowest BCUT2D eigenvalue weighted by molar-refractivity contribution is 0.0714. The maximum Gasteiger partial charge on any atom is 0.407 e. The summed E-state index contributed by atoms with van der Waals surface area (Å²) in [4.78, 5) is 25.3. The zero-order valence-corrected chi connectivity index (χ0v) is 12.0. The maximum absolute atomic E-state index is 12.7. The fraction of sp³-hybridized carbons (Fsp3) is 0.500.